The van der Waals surface area contributed by atoms with Crippen molar-refractivity contribution < 1.29 is 4.79 Å². The summed E-state index contributed by atoms with van der Waals surface area (Å²) in [5, 5.41) is 2.98. The zero-order valence-corrected chi connectivity index (χ0v) is 13.9. The largest absolute Gasteiger partial charge is 0.320 e. The molecule has 118 valence electrons. The van der Waals surface area contributed by atoms with Crippen molar-refractivity contribution in [3.63, 3.8) is 0 Å². The Balaban J connectivity index is 1.84. The van der Waals surface area contributed by atoms with E-state index in [1.54, 1.807) is 6.20 Å². The third-order valence-electron chi connectivity index (χ3n) is 4.08. The molecule has 0 saturated carbocycles. The molecule has 0 spiro atoms. The summed E-state index contributed by atoms with van der Waals surface area (Å²) in [5.74, 6) is -0.104. The van der Waals surface area contributed by atoms with E-state index in [4.69, 9.17) is 0 Å². The molecule has 4 heteroatoms. The molecule has 0 radical (unpaired) electrons. The maximum Gasteiger partial charge on any atom is 0.255 e. The minimum Gasteiger partial charge on any atom is -0.320 e. The molecular weight excluding hydrogens is 286 g/mol. The van der Waals surface area contributed by atoms with Gasteiger partial charge in [0.2, 0.25) is 0 Å². The van der Waals surface area contributed by atoms with E-state index in [1.807, 2.05) is 53.9 Å². The van der Waals surface area contributed by atoms with Crippen LogP contribution in [-0.2, 0) is 5.41 Å². The topological polar surface area (TPSA) is 46.4 Å². The Morgan fingerprint density at radius 3 is 2.43 bits per heavy atom. The van der Waals surface area contributed by atoms with Crippen molar-refractivity contribution in [1.29, 1.82) is 0 Å². The van der Waals surface area contributed by atoms with Crippen LogP contribution in [0.1, 0.15) is 42.4 Å². The second-order valence-electron chi connectivity index (χ2n) is 6.77. The van der Waals surface area contributed by atoms with E-state index in [0.717, 1.165) is 17.0 Å². The summed E-state index contributed by atoms with van der Waals surface area (Å²) in [7, 11) is 0. The van der Waals surface area contributed by atoms with E-state index in [9.17, 15) is 4.79 Å². The van der Waals surface area contributed by atoms with Gasteiger partial charge in [-0.1, -0.05) is 32.9 Å². The van der Waals surface area contributed by atoms with Gasteiger partial charge >= 0.3 is 0 Å². The SMILES string of the molecule is Cc1c(NC(=O)c2ccc(C(C)(C)C)cc2)ccc2nccn12. The van der Waals surface area contributed by atoms with Crippen molar-refractivity contribution in [2.45, 2.75) is 33.1 Å². The van der Waals surface area contributed by atoms with Crippen LogP contribution < -0.4 is 5.32 Å². The number of hydrogen-bond acceptors (Lipinski definition) is 2. The van der Waals surface area contributed by atoms with Gasteiger partial charge in [0.1, 0.15) is 5.65 Å². The van der Waals surface area contributed by atoms with Crippen molar-refractivity contribution in [2.75, 3.05) is 5.32 Å². The van der Waals surface area contributed by atoms with Gasteiger partial charge in [-0.3, -0.25) is 4.79 Å². The van der Waals surface area contributed by atoms with Gasteiger partial charge in [0.25, 0.3) is 5.91 Å². The summed E-state index contributed by atoms with van der Waals surface area (Å²) >= 11 is 0. The van der Waals surface area contributed by atoms with Crippen molar-refractivity contribution in [1.82, 2.24) is 9.38 Å². The first-order valence-electron chi connectivity index (χ1n) is 7.71. The molecule has 0 atom stereocenters. The molecule has 3 aromatic rings. The fourth-order valence-electron chi connectivity index (χ4n) is 2.58. The quantitative estimate of drug-likeness (QED) is 0.771. The summed E-state index contributed by atoms with van der Waals surface area (Å²) in [5.41, 5.74) is 4.57. The van der Waals surface area contributed by atoms with Crippen LogP contribution in [0.2, 0.25) is 0 Å². The molecule has 0 bridgehead atoms. The van der Waals surface area contributed by atoms with Gasteiger partial charge in [-0.05, 0) is 42.2 Å². The molecule has 2 aromatic heterocycles. The highest BCUT2D eigenvalue weighted by Gasteiger charge is 2.15. The van der Waals surface area contributed by atoms with Gasteiger partial charge in [0.05, 0.1) is 5.69 Å². The van der Waals surface area contributed by atoms with E-state index in [1.165, 1.54) is 5.56 Å². The number of hydrogen-bond donors (Lipinski definition) is 1. The predicted molar refractivity (Wildman–Crippen MR) is 93.0 cm³/mol. The number of fused-ring (bicyclic) bond motifs is 1. The maximum atomic E-state index is 12.5. The number of imidazole rings is 1. The first kappa shape index (κ1) is 15.3. The van der Waals surface area contributed by atoms with E-state index in [2.05, 4.69) is 31.1 Å². The zero-order valence-electron chi connectivity index (χ0n) is 13.9. The minimum absolute atomic E-state index is 0.0814. The Morgan fingerprint density at radius 2 is 1.78 bits per heavy atom. The number of amides is 1. The highest BCUT2D eigenvalue weighted by atomic mass is 16.1. The molecule has 1 amide bonds. The van der Waals surface area contributed by atoms with Crippen LogP contribution in [0.3, 0.4) is 0 Å². The Morgan fingerprint density at radius 1 is 1.09 bits per heavy atom. The normalized spacial score (nSPS) is 11.7. The van der Waals surface area contributed by atoms with Crippen LogP contribution in [0.15, 0.2) is 48.8 Å². The molecule has 0 saturated heterocycles. The lowest BCUT2D eigenvalue weighted by Crippen LogP contribution is -2.15. The van der Waals surface area contributed by atoms with Crippen LogP contribution in [0.5, 0.6) is 0 Å². The Bertz CT molecular complexity index is 854. The molecule has 0 fully saturated rings. The lowest BCUT2D eigenvalue weighted by atomic mass is 9.87. The van der Waals surface area contributed by atoms with Crippen LogP contribution in [0.4, 0.5) is 5.69 Å². The Hall–Kier alpha value is -2.62. The number of aryl methyl sites for hydroxylation is 1. The monoisotopic (exact) mass is 307 g/mol. The first-order valence-corrected chi connectivity index (χ1v) is 7.71. The van der Waals surface area contributed by atoms with Crippen LogP contribution in [0.25, 0.3) is 5.65 Å². The summed E-state index contributed by atoms with van der Waals surface area (Å²) in [6.07, 6.45) is 3.64. The second kappa shape index (κ2) is 5.54. The molecule has 1 N–H and O–H groups in total. The lowest BCUT2D eigenvalue weighted by molar-refractivity contribution is 0.102. The number of aromatic nitrogens is 2. The highest BCUT2D eigenvalue weighted by Crippen LogP contribution is 2.23. The average molecular weight is 307 g/mol. The number of anilines is 1. The fourth-order valence-corrected chi connectivity index (χ4v) is 2.58. The van der Waals surface area contributed by atoms with Gasteiger partial charge in [-0.2, -0.15) is 0 Å². The highest BCUT2D eigenvalue weighted by molar-refractivity contribution is 6.04. The molecule has 0 aliphatic heterocycles. The molecule has 0 unspecified atom stereocenters. The molecule has 0 aliphatic rings. The van der Waals surface area contributed by atoms with Crippen LogP contribution >= 0.6 is 0 Å². The molecule has 4 nitrogen and oxygen atoms in total. The molecular formula is C19H21N3O. The number of benzene rings is 1. The number of rotatable bonds is 2. The van der Waals surface area contributed by atoms with E-state index < -0.39 is 0 Å². The summed E-state index contributed by atoms with van der Waals surface area (Å²) in [6.45, 7) is 8.44. The van der Waals surface area contributed by atoms with E-state index >= 15 is 0 Å². The summed E-state index contributed by atoms with van der Waals surface area (Å²) in [6, 6.07) is 11.6. The van der Waals surface area contributed by atoms with Crippen molar-refractivity contribution in [3.05, 3.63) is 65.6 Å². The van der Waals surface area contributed by atoms with E-state index in [-0.39, 0.29) is 11.3 Å². The Kier molecular flexibility index (Phi) is 3.68. The fraction of sp³-hybridized carbons (Fsp3) is 0.263. The molecule has 1 aromatic carbocycles. The maximum absolute atomic E-state index is 12.5. The average Bonchev–Trinajstić information content (AvgIpc) is 2.98. The minimum atomic E-state index is -0.104. The van der Waals surface area contributed by atoms with Gasteiger partial charge in [0.15, 0.2) is 0 Å². The van der Waals surface area contributed by atoms with Gasteiger partial charge in [-0.15, -0.1) is 0 Å². The van der Waals surface area contributed by atoms with Crippen LogP contribution in [0, 0.1) is 6.92 Å². The number of nitrogens with zero attached hydrogens (tertiary/aromatic N) is 2. The number of carbonyl (C=O) groups excluding carboxylic acids is 1. The third-order valence-corrected chi connectivity index (χ3v) is 4.08. The van der Waals surface area contributed by atoms with Crippen LogP contribution in [-0.4, -0.2) is 15.3 Å². The number of nitrogens with one attached hydrogen (secondary N) is 1. The Labute approximate surface area is 136 Å². The van der Waals surface area contributed by atoms with Crippen molar-refractivity contribution in [3.8, 4) is 0 Å². The zero-order chi connectivity index (χ0) is 16.6. The predicted octanol–water partition coefficient (Wildman–Crippen LogP) is 4.19. The lowest BCUT2D eigenvalue weighted by Gasteiger charge is -2.19. The van der Waals surface area contributed by atoms with Gasteiger partial charge in [-0.25, -0.2) is 4.98 Å². The summed E-state index contributed by atoms with van der Waals surface area (Å²) in [4.78, 5) is 16.7. The first-order chi connectivity index (χ1) is 10.9. The number of carbonyl (C=O) groups is 1. The molecule has 23 heavy (non-hydrogen) atoms. The van der Waals surface area contributed by atoms with E-state index in [0.29, 0.717) is 5.56 Å². The molecule has 2 heterocycles. The van der Waals surface area contributed by atoms with Crippen molar-refractivity contribution in [2.24, 2.45) is 0 Å². The summed E-state index contributed by atoms with van der Waals surface area (Å²) < 4.78 is 1.96. The second-order valence-corrected chi connectivity index (χ2v) is 6.77. The molecule has 0 aliphatic carbocycles. The molecule has 3 rings (SSSR count). The standard InChI is InChI=1S/C19H21N3O/c1-13-16(9-10-17-20-11-12-22(13)17)21-18(23)14-5-7-15(8-6-14)19(2,3)4/h5-12H,1-4H3,(H,21,23). The van der Waals surface area contributed by atoms with Crippen molar-refractivity contribution >= 4 is 17.2 Å². The van der Waals surface area contributed by atoms with Gasteiger partial charge in [0, 0.05) is 23.7 Å². The smallest absolute Gasteiger partial charge is 0.255 e. The number of pyridine rings is 1. The van der Waals surface area contributed by atoms with Gasteiger partial charge < -0.3 is 9.72 Å². The third kappa shape index (κ3) is 2.97.